The molecule has 3 aromatic carbocycles. The zero-order chi connectivity index (χ0) is 25.4. The minimum atomic E-state index is -0.412. The Balaban J connectivity index is 1.31. The van der Waals surface area contributed by atoms with E-state index in [0.29, 0.717) is 29.1 Å². The summed E-state index contributed by atoms with van der Waals surface area (Å²) in [6, 6.07) is 25.2. The number of carbonyl (C=O) groups is 1. The van der Waals surface area contributed by atoms with Crippen molar-refractivity contribution in [2.24, 2.45) is 4.99 Å². The fraction of sp³-hybridized carbons (Fsp3) is 0.0690. The van der Waals surface area contributed by atoms with E-state index in [2.05, 4.69) is 9.56 Å². The number of ether oxygens (including phenoxy) is 1. The molecule has 37 heavy (non-hydrogen) atoms. The first kappa shape index (κ1) is 23.3. The van der Waals surface area contributed by atoms with Crippen molar-refractivity contribution >= 4 is 62.9 Å². The third-order valence-electron chi connectivity index (χ3n) is 6.23. The summed E-state index contributed by atoms with van der Waals surface area (Å²) in [5.41, 5.74) is 3.92. The van der Waals surface area contributed by atoms with E-state index in [1.54, 1.807) is 17.0 Å². The van der Waals surface area contributed by atoms with Crippen LogP contribution < -0.4 is 4.74 Å². The Morgan fingerprint density at radius 2 is 1.76 bits per heavy atom. The van der Waals surface area contributed by atoms with Gasteiger partial charge in [-0.25, -0.2) is 0 Å². The molecule has 0 aliphatic carbocycles. The molecule has 0 saturated heterocycles. The second-order valence-corrected chi connectivity index (χ2v) is 9.75. The summed E-state index contributed by atoms with van der Waals surface area (Å²) in [7, 11) is 0. The van der Waals surface area contributed by atoms with Crippen LogP contribution in [0.25, 0.3) is 22.7 Å². The SMILES string of the molecule is N=C1/C(=C/c2cn(CCOc3ccccc3Cl)c3ccccc23)C(=O)N=C2SC=C(c3ccccc3)N12. The standard InChI is InChI=1S/C29H21ClN4O2S/c30-23-11-5-7-13-26(23)36-15-14-33-17-20(21-10-4-6-12-24(21)33)16-22-27(31)34-25(19-8-2-1-3-9-19)18-37-29(34)32-28(22)35/h1-13,16-18,31H,14-15H2/b22-16-,31-27?. The third-order valence-corrected chi connectivity index (χ3v) is 7.37. The van der Waals surface area contributed by atoms with Gasteiger partial charge in [0.25, 0.3) is 5.91 Å². The number of nitrogens with one attached hydrogen (secondary N) is 1. The Morgan fingerprint density at radius 1 is 1.00 bits per heavy atom. The predicted molar refractivity (Wildman–Crippen MR) is 151 cm³/mol. The smallest absolute Gasteiger partial charge is 0.283 e. The van der Waals surface area contributed by atoms with Gasteiger partial charge in [0.15, 0.2) is 5.17 Å². The monoisotopic (exact) mass is 524 g/mol. The summed E-state index contributed by atoms with van der Waals surface area (Å²) < 4.78 is 7.98. The predicted octanol–water partition coefficient (Wildman–Crippen LogP) is 6.68. The summed E-state index contributed by atoms with van der Waals surface area (Å²) in [6.45, 7) is 1.02. The number of thioether (sulfide) groups is 1. The molecule has 2 aliphatic heterocycles. The highest BCUT2D eigenvalue weighted by molar-refractivity contribution is 8.17. The van der Waals surface area contributed by atoms with Gasteiger partial charge in [0.1, 0.15) is 18.2 Å². The lowest BCUT2D eigenvalue weighted by atomic mass is 10.1. The van der Waals surface area contributed by atoms with Crippen molar-refractivity contribution in [1.29, 1.82) is 5.41 Å². The number of amidine groups is 2. The number of aromatic nitrogens is 1. The molecule has 3 heterocycles. The lowest BCUT2D eigenvalue weighted by Crippen LogP contribution is -2.38. The largest absolute Gasteiger partial charge is 0.490 e. The normalized spacial score (nSPS) is 16.2. The van der Waals surface area contributed by atoms with Gasteiger partial charge in [0.05, 0.1) is 22.8 Å². The molecule has 182 valence electrons. The molecule has 1 N–H and O–H groups in total. The lowest BCUT2D eigenvalue weighted by molar-refractivity contribution is -0.114. The summed E-state index contributed by atoms with van der Waals surface area (Å²) in [4.78, 5) is 19.0. The second kappa shape index (κ2) is 9.76. The number of carbonyl (C=O) groups excluding carboxylic acids is 1. The number of para-hydroxylation sites is 2. The summed E-state index contributed by atoms with van der Waals surface area (Å²) in [5, 5.41) is 12.9. The Bertz CT molecular complexity index is 1640. The highest BCUT2D eigenvalue weighted by Gasteiger charge is 2.36. The molecule has 0 radical (unpaired) electrons. The molecule has 0 fully saturated rings. The molecule has 8 heteroatoms. The van der Waals surface area contributed by atoms with Crippen molar-refractivity contribution in [1.82, 2.24) is 9.47 Å². The van der Waals surface area contributed by atoms with Gasteiger partial charge in [0.2, 0.25) is 0 Å². The van der Waals surface area contributed by atoms with Gasteiger partial charge >= 0.3 is 0 Å². The molecule has 6 rings (SSSR count). The Kier molecular flexibility index (Phi) is 6.16. The highest BCUT2D eigenvalue weighted by atomic mass is 35.5. The molecule has 0 spiro atoms. The highest BCUT2D eigenvalue weighted by Crippen LogP contribution is 2.37. The van der Waals surface area contributed by atoms with E-state index in [9.17, 15) is 4.79 Å². The first-order valence-corrected chi connectivity index (χ1v) is 13.0. The van der Waals surface area contributed by atoms with Gasteiger partial charge in [-0.2, -0.15) is 4.99 Å². The van der Waals surface area contributed by atoms with E-state index in [0.717, 1.165) is 27.7 Å². The van der Waals surface area contributed by atoms with Gasteiger partial charge in [-0.15, -0.1) is 0 Å². The van der Waals surface area contributed by atoms with Crippen LogP contribution in [0.3, 0.4) is 0 Å². The molecule has 0 atom stereocenters. The Morgan fingerprint density at radius 3 is 2.59 bits per heavy atom. The van der Waals surface area contributed by atoms with Gasteiger partial charge in [0, 0.05) is 28.1 Å². The van der Waals surface area contributed by atoms with Crippen molar-refractivity contribution < 1.29 is 9.53 Å². The molecule has 1 amide bonds. The fourth-order valence-corrected chi connectivity index (χ4v) is 5.54. The van der Waals surface area contributed by atoms with Gasteiger partial charge in [-0.3, -0.25) is 15.1 Å². The van der Waals surface area contributed by atoms with Crippen LogP contribution in [0, 0.1) is 5.41 Å². The van der Waals surface area contributed by atoms with Crippen LogP contribution in [0.1, 0.15) is 11.1 Å². The van der Waals surface area contributed by atoms with Crippen LogP contribution >= 0.6 is 23.4 Å². The van der Waals surface area contributed by atoms with Crippen molar-refractivity contribution in [3.05, 3.63) is 112 Å². The summed E-state index contributed by atoms with van der Waals surface area (Å²) in [6.07, 6.45) is 3.75. The van der Waals surface area contributed by atoms with Crippen molar-refractivity contribution in [2.45, 2.75) is 6.54 Å². The topological polar surface area (TPSA) is 70.7 Å². The minimum Gasteiger partial charge on any atom is -0.490 e. The molecule has 6 nitrogen and oxygen atoms in total. The maximum Gasteiger partial charge on any atom is 0.283 e. The van der Waals surface area contributed by atoms with E-state index in [1.165, 1.54) is 11.8 Å². The van der Waals surface area contributed by atoms with E-state index in [-0.39, 0.29) is 11.4 Å². The number of rotatable bonds is 6. The number of halogens is 1. The maximum absolute atomic E-state index is 13.0. The van der Waals surface area contributed by atoms with E-state index in [4.69, 9.17) is 21.7 Å². The average molecular weight is 525 g/mol. The third kappa shape index (κ3) is 4.37. The first-order valence-electron chi connectivity index (χ1n) is 11.7. The van der Waals surface area contributed by atoms with Crippen LogP contribution in [-0.2, 0) is 11.3 Å². The number of hydrogen-bond acceptors (Lipinski definition) is 4. The molecule has 4 aromatic rings. The van der Waals surface area contributed by atoms with Crippen molar-refractivity contribution in [3.8, 4) is 5.75 Å². The Hall–Kier alpha value is -4.07. The van der Waals surface area contributed by atoms with Crippen LogP contribution in [0.4, 0.5) is 0 Å². The summed E-state index contributed by atoms with van der Waals surface area (Å²) >= 11 is 7.57. The molecular formula is C29H21ClN4O2S. The van der Waals surface area contributed by atoms with Crippen molar-refractivity contribution in [3.63, 3.8) is 0 Å². The number of amides is 1. The minimum absolute atomic E-state index is 0.119. The zero-order valence-electron chi connectivity index (χ0n) is 19.6. The number of fused-ring (bicyclic) bond motifs is 2. The van der Waals surface area contributed by atoms with Crippen LogP contribution in [0.15, 0.2) is 101 Å². The molecule has 2 aliphatic rings. The first-order chi connectivity index (χ1) is 18.1. The van der Waals surface area contributed by atoms with E-state index in [1.807, 2.05) is 84.4 Å². The maximum atomic E-state index is 13.0. The Labute approximate surface area is 223 Å². The number of aliphatic imine (C=N–C) groups is 1. The molecule has 0 saturated carbocycles. The quantitative estimate of drug-likeness (QED) is 0.286. The number of benzene rings is 3. The molecule has 1 aromatic heterocycles. The van der Waals surface area contributed by atoms with Gasteiger partial charge in [-0.05, 0) is 29.8 Å². The van der Waals surface area contributed by atoms with Crippen LogP contribution in [-0.4, -0.2) is 33.0 Å². The molecule has 0 unspecified atom stereocenters. The zero-order valence-corrected chi connectivity index (χ0v) is 21.2. The average Bonchev–Trinajstić information content (AvgIpc) is 3.50. The number of hydrogen-bond donors (Lipinski definition) is 1. The molecule has 0 bridgehead atoms. The summed E-state index contributed by atoms with van der Waals surface area (Å²) in [5.74, 6) is 0.350. The van der Waals surface area contributed by atoms with Crippen LogP contribution in [0.2, 0.25) is 5.02 Å². The molecular weight excluding hydrogens is 504 g/mol. The second-order valence-electron chi connectivity index (χ2n) is 8.50. The van der Waals surface area contributed by atoms with Crippen molar-refractivity contribution in [2.75, 3.05) is 6.61 Å². The number of nitrogens with zero attached hydrogens (tertiary/aromatic N) is 3. The van der Waals surface area contributed by atoms with E-state index >= 15 is 0 Å². The lowest BCUT2D eigenvalue weighted by Gasteiger charge is -2.26. The van der Waals surface area contributed by atoms with Crippen LogP contribution in [0.5, 0.6) is 5.75 Å². The van der Waals surface area contributed by atoms with Gasteiger partial charge < -0.3 is 9.30 Å². The van der Waals surface area contributed by atoms with Gasteiger partial charge in [-0.1, -0.05) is 84.0 Å². The fourth-order valence-electron chi connectivity index (χ4n) is 4.46. The van der Waals surface area contributed by atoms with E-state index < -0.39 is 5.91 Å².